The summed E-state index contributed by atoms with van der Waals surface area (Å²) in [4.78, 5) is 23.4. The van der Waals surface area contributed by atoms with Crippen molar-refractivity contribution in [3.8, 4) is 6.07 Å². The van der Waals surface area contributed by atoms with Gasteiger partial charge in [0.2, 0.25) is 0 Å². The monoisotopic (exact) mass is 255 g/mol. The maximum Gasteiger partial charge on any atom is 0.327 e. The average molecular weight is 255 g/mol. The van der Waals surface area contributed by atoms with Crippen LogP contribution in [0.4, 0.5) is 0 Å². The molecule has 0 rings (SSSR count). The summed E-state index contributed by atoms with van der Waals surface area (Å²) < 4.78 is 9.72. The highest BCUT2D eigenvalue weighted by molar-refractivity contribution is 5.86. The van der Waals surface area contributed by atoms with Gasteiger partial charge >= 0.3 is 11.9 Å². The second-order valence-corrected chi connectivity index (χ2v) is 4.49. The fourth-order valence-corrected chi connectivity index (χ4v) is 1.78. The van der Waals surface area contributed by atoms with E-state index in [1.807, 2.05) is 19.9 Å². The third-order valence-corrected chi connectivity index (χ3v) is 2.39. The SMILES string of the molecule is CCOC(=O)CC(C#N)(CC(C)C)C(=O)OCC. The van der Waals surface area contributed by atoms with Crippen LogP contribution in [0.5, 0.6) is 0 Å². The van der Waals surface area contributed by atoms with E-state index in [0.717, 1.165) is 0 Å². The standard InChI is InChI=1S/C13H21NO4/c1-5-17-11(15)8-13(9-14,7-10(3)4)12(16)18-6-2/h10H,5-8H2,1-4H3. The number of carbonyl (C=O) groups is 2. The number of carbonyl (C=O) groups excluding carboxylic acids is 2. The number of esters is 2. The Kier molecular flexibility index (Phi) is 7.03. The highest BCUT2D eigenvalue weighted by Gasteiger charge is 2.43. The largest absolute Gasteiger partial charge is 0.466 e. The second kappa shape index (κ2) is 7.70. The molecular weight excluding hydrogens is 234 g/mol. The lowest BCUT2D eigenvalue weighted by Crippen LogP contribution is -2.36. The lowest BCUT2D eigenvalue weighted by atomic mass is 9.78. The molecule has 5 heteroatoms. The Morgan fingerprint density at radius 1 is 1.22 bits per heavy atom. The van der Waals surface area contributed by atoms with Crippen molar-refractivity contribution < 1.29 is 19.1 Å². The van der Waals surface area contributed by atoms with Crippen LogP contribution in [0.2, 0.25) is 0 Å². The maximum absolute atomic E-state index is 11.9. The molecule has 0 fully saturated rings. The van der Waals surface area contributed by atoms with Crippen LogP contribution in [0.15, 0.2) is 0 Å². The first-order chi connectivity index (χ1) is 8.41. The molecule has 0 radical (unpaired) electrons. The predicted molar refractivity (Wildman–Crippen MR) is 65.4 cm³/mol. The van der Waals surface area contributed by atoms with E-state index in [1.165, 1.54) is 0 Å². The number of rotatable bonds is 7. The van der Waals surface area contributed by atoms with Crippen LogP contribution in [-0.2, 0) is 19.1 Å². The summed E-state index contributed by atoms with van der Waals surface area (Å²) in [6.45, 7) is 7.53. The van der Waals surface area contributed by atoms with Gasteiger partial charge in [0.1, 0.15) is 0 Å². The van der Waals surface area contributed by atoms with E-state index < -0.39 is 17.4 Å². The van der Waals surface area contributed by atoms with Crippen molar-refractivity contribution in [2.45, 2.75) is 40.5 Å². The van der Waals surface area contributed by atoms with E-state index >= 15 is 0 Å². The van der Waals surface area contributed by atoms with Gasteiger partial charge < -0.3 is 9.47 Å². The Morgan fingerprint density at radius 2 is 1.78 bits per heavy atom. The van der Waals surface area contributed by atoms with Gasteiger partial charge in [0.15, 0.2) is 5.41 Å². The number of nitriles is 1. The van der Waals surface area contributed by atoms with Crippen LogP contribution < -0.4 is 0 Å². The number of nitrogens with zero attached hydrogens (tertiary/aromatic N) is 1. The highest BCUT2D eigenvalue weighted by Crippen LogP contribution is 2.32. The summed E-state index contributed by atoms with van der Waals surface area (Å²) in [5.41, 5.74) is -1.43. The van der Waals surface area contributed by atoms with Crippen LogP contribution in [0.25, 0.3) is 0 Å². The zero-order chi connectivity index (χ0) is 14.2. The van der Waals surface area contributed by atoms with Crippen molar-refractivity contribution in [3.63, 3.8) is 0 Å². The molecule has 0 saturated carbocycles. The molecule has 0 aromatic rings. The van der Waals surface area contributed by atoms with Crippen LogP contribution in [0.1, 0.15) is 40.5 Å². The van der Waals surface area contributed by atoms with E-state index in [1.54, 1.807) is 13.8 Å². The molecular formula is C13H21NO4. The normalized spacial score (nSPS) is 13.6. The van der Waals surface area contributed by atoms with Crippen molar-refractivity contribution in [2.24, 2.45) is 11.3 Å². The van der Waals surface area contributed by atoms with Crippen LogP contribution in [0, 0.1) is 22.7 Å². The number of hydrogen-bond acceptors (Lipinski definition) is 5. The van der Waals surface area contributed by atoms with Gasteiger partial charge in [-0.2, -0.15) is 5.26 Å². The quantitative estimate of drug-likeness (QED) is 0.651. The number of ether oxygens (including phenoxy) is 2. The van der Waals surface area contributed by atoms with E-state index in [9.17, 15) is 14.9 Å². The molecule has 0 aromatic heterocycles. The van der Waals surface area contributed by atoms with Crippen molar-refractivity contribution in [1.29, 1.82) is 5.26 Å². The Hall–Kier alpha value is -1.57. The molecule has 0 amide bonds. The van der Waals surface area contributed by atoms with Gasteiger partial charge in [-0.3, -0.25) is 9.59 Å². The predicted octanol–water partition coefficient (Wildman–Crippen LogP) is 2.06. The van der Waals surface area contributed by atoms with Gasteiger partial charge in [-0.25, -0.2) is 0 Å². The molecule has 0 bridgehead atoms. The third-order valence-electron chi connectivity index (χ3n) is 2.39. The molecule has 0 aliphatic carbocycles. The fraction of sp³-hybridized carbons (Fsp3) is 0.769. The second-order valence-electron chi connectivity index (χ2n) is 4.49. The Morgan fingerprint density at radius 3 is 2.17 bits per heavy atom. The van der Waals surface area contributed by atoms with E-state index in [2.05, 4.69) is 0 Å². The zero-order valence-electron chi connectivity index (χ0n) is 11.5. The minimum atomic E-state index is -1.43. The summed E-state index contributed by atoms with van der Waals surface area (Å²) >= 11 is 0. The summed E-state index contributed by atoms with van der Waals surface area (Å²) in [5, 5.41) is 9.28. The van der Waals surface area contributed by atoms with Gasteiger partial charge in [-0.05, 0) is 26.2 Å². The van der Waals surface area contributed by atoms with Crippen LogP contribution in [-0.4, -0.2) is 25.2 Å². The first kappa shape index (κ1) is 16.4. The first-order valence-corrected chi connectivity index (χ1v) is 6.16. The molecule has 18 heavy (non-hydrogen) atoms. The third kappa shape index (κ3) is 4.74. The van der Waals surface area contributed by atoms with Gasteiger partial charge in [-0.15, -0.1) is 0 Å². The smallest absolute Gasteiger partial charge is 0.327 e. The molecule has 0 aliphatic heterocycles. The summed E-state index contributed by atoms with van der Waals surface area (Å²) in [6, 6.07) is 1.95. The maximum atomic E-state index is 11.9. The molecule has 0 aromatic carbocycles. The summed E-state index contributed by atoms with van der Waals surface area (Å²) in [6.07, 6.45) is 0.0233. The summed E-state index contributed by atoms with van der Waals surface area (Å²) in [5.74, 6) is -1.09. The van der Waals surface area contributed by atoms with Gasteiger partial charge in [0.25, 0.3) is 0 Å². The van der Waals surface area contributed by atoms with Crippen molar-refractivity contribution in [3.05, 3.63) is 0 Å². The van der Waals surface area contributed by atoms with Crippen LogP contribution in [0.3, 0.4) is 0 Å². The first-order valence-electron chi connectivity index (χ1n) is 6.16. The molecule has 5 nitrogen and oxygen atoms in total. The molecule has 102 valence electrons. The fourth-order valence-electron chi connectivity index (χ4n) is 1.78. The molecule has 0 saturated heterocycles. The average Bonchev–Trinajstić information content (AvgIpc) is 2.27. The van der Waals surface area contributed by atoms with E-state index in [0.29, 0.717) is 0 Å². The molecule has 0 heterocycles. The van der Waals surface area contributed by atoms with Crippen LogP contribution >= 0.6 is 0 Å². The van der Waals surface area contributed by atoms with E-state index in [-0.39, 0.29) is 32.0 Å². The minimum Gasteiger partial charge on any atom is -0.466 e. The lowest BCUT2D eigenvalue weighted by Gasteiger charge is -2.25. The molecule has 0 aliphatic rings. The minimum absolute atomic E-state index is 0.100. The highest BCUT2D eigenvalue weighted by atomic mass is 16.5. The van der Waals surface area contributed by atoms with Crippen molar-refractivity contribution in [2.75, 3.05) is 13.2 Å². The number of hydrogen-bond donors (Lipinski definition) is 0. The molecule has 1 atom stereocenters. The zero-order valence-corrected chi connectivity index (χ0v) is 11.5. The van der Waals surface area contributed by atoms with Gasteiger partial charge in [0, 0.05) is 0 Å². The van der Waals surface area contributed by atoms with Crippen molar-refractivity contribution >= 4 is 11.9 Å². The topological polar surface area (TPSA) is 76.4 Å². The van der Waals surface area contributed by atoms with E-state index in [4.69, 9.17) is 9.47 Å². The van der Waals surface area contributed by atoms with Crippen molar-refractivity contribution in [1.82, 2.24) is 0 Å². The Labute approximate surface area is 108 Å². The lowest BCUT2D eigenvalue weighted by molar-refractivity contribution is -0.159. The Bertz CT molecular complexity index is 332. The molecule has 0 N–H and O–H groups in total. The van der Waals surface area contributed by atoms with Gasteiger partial charge in [-0.1, -0.05) is 13.8 Å². The summed E-state index contributed by atoms with van der Waals surface area (Å²) in [7, 11) is 0. The Balaban J connectivity index is 5.05. The molecule has 1 unspecified atom stereocenters. The molecule has 0 spiro atoms. The van der Waals surface area contributed by atoms with Gasteiger partial charge in [0.05, 0.1) is 25.7 Å².